The van der Waals surface area contributed by atoms with Crippen molar-refractivity contribution in [3.05, 3.63) is 17.6 Å². The Morgan fingerprint density at radius 2 is 1.95 bits per heavy atom. The number of hydrogen-bond acceptors (Lipinski definition) is 5. The molecule has 1 aliphatic heterocycles. The Kier molecular flexibility index (Phi) is 4.12. The molecule has 1 saturated carbocycles. The van der Waals surface area contributed by atoms with Gasteiger partial charge in [-0.2, -0.15) is 0 Å². The van der Waals surface area contributed by atoms with Crippen LogP contribution in [0.4, 0.5) is 5.82 Å². The van der Waals surface area contributed by atoms with Gasteiger partial charge in [0.2, 0.25) is 10.0 Å². The summed E-state index contributed by atoms with van der Waals surface area (Å²) in [6.07, 6.45) is 5.18. The molecule has 0 bridgehead atoms. The van der Waals surface area contributed by atoms with Gasteiger partial charge in [0.05, 0.1) is 11.8 Å². The van der Waals surface area contributed by atoms with E-state index in [1.807, 2.05) is 13.0 Å². The topological polar surface area (TPSA) is 75.2 Å². The van der Waals surface area contributed by atoms with E-state index in [0.29, 0.717) is 5.82 Å². The van der Waals surface area contributed by atoms with Crippen LogP contribution in [0.3, 0.4) is 0 Å². The Morgan fingerprint density at radius 3 is 2.62 bits per heavy atom. The molecule has 0 spiro atoms. The lowest BCUT2D eigenvalue weighted by atomic mass is 10.1. The summed E-state index contributed by atoms with van der Waals surface area (Å²) in [7, 11) is -3.18. The van der Waals surface area contributed by atoms with Gasteiger partial charge in [0.15, 0.2) is 0 Å². The SMILES string of the molecule is Cc1cc(N2CCCCC2)nc(CNS(=O)(=O)C2CC2)n1. The monoisotopic (exact) mass is 310 g/mol. The molecule has 1 saturated heterocycles. The third-order valence-electron chi connectivity index (χ3n) is 3.96. The number of nitrogens with zero attached hydrogens (tertiary/aromatic N) is 3. The van der Waals surface area contributed by atoms with Crippen molar-refractivity contribution in [2.45, 2.75) is 50.8 Å². The zero-order valence-electron chi connectivity index (χ0n) is 12.4. The lowest BCUT2D eigenvalue weighted by Gasteiger charge is -2.28. The average Bonchev–Trinajstić information content (AvgIpc) is 3.31. The Balaban J connectivity index is 1.71. The Bertz CT molecular complexity index is 607. The highest BCUT2D eigenvalue weighted by molar-refractivity contribution is 7.90. The molecular formula is C14H22N4O2S. The van der Waals surface area contributed by atoms with Crippen LogP contribution in [-0.2, 0) is 16.6 Å². The molecule has 116 valence electrons. The molecule has 7 heteroatoms. The van der Waals surface area contributed by atoms with Crippen molar-refractivity contribution in [2.24, 2.45) is 0 Å². The summed E-state index contributed by atoms with van der Waals surface area (Å²) < 4.78 is 26.3. The number of sulfonamides is 1. The first-order chi connectivity index (χ1) is 10.0. The van der Waals surface area contributed by atoms with Crippen molar-refractivity contribution < 1.29 is 8.42 Å². The molecular weight excluding hydrogens is 288 g/mol. The summed E-state index contributed by atoms with van der Waals surface area (Å²) in [5.41, 5.74) is 0.881. The fraction of sp³-hybridized carbons (Fsp3) is 0.714. The van der Waals surface area contributed by atoms with Crippen LogP contribution in [0.25, 0.3) is 0 Å². The fourth-order valence-electron chi connectivity index (χ4n) is 2.64. The van der Waals surface area contributed by atoms with E-state index in [2.05, 4.69) is 19.6 Å². The molecule has 6 nitrogen and oxygen atoms in total. The molecule has 21 heavy (non-hydrogen) atoms. The zero-order chi connectivity index (χ0) is 14.9. The normalized spacial score (nSPS) is 19.8. The van der Waals surface area contributed by atoms with Crippen LogP contribution in [0.2, 0.25) is 0 Å². The van der Waals surface area contributed by atoms with E-state index in [0.717, 1.165) is 37.4 Å². The number of anilines is 1. The van der Waals surface area contributed by atoms with Crippen molar-refractivity contribution in [1.82, 2.24) is 14.7 Å². The summed E-state index contributed by atoms with van der Waals surface area (Å²) in [6.45, 7) is 4.14. The molecule has 0 amide bonds. The van der Waals surface area contributed by atoms with Gasteiger partial charge in [-0.3, -0.25) is 0 Å². The minimum absolute atomic E-state index is 0.182. The van der Waals surface area contributed by atoms with Crippen LogP contribution >= 0.6 is 0 Å². The highest BCUT2D eigenvalue weighted by Crippen LogP contribution is 2.27. The van der Waals surface area contributed by atoms with E-state index in [4.69, 9.17) is 0 Å². The standard InChI is InChI=1S/C14H22N4O2S/c1-11-9-14(18-7-3-2-4-8-18)17-13(16-11)10-15-21(19,20)12-5-6-12/h9,12,15H,2-8,10H2,1H3. The Hall–Kier alpha value is -1.21. The molecule has 0 aromatic carbocycles. The van der Waals surface area contributed by atoms with Crippen LogP contribution in [-0.4, -0.2) is 36.7 Å². The minimum Gasteiger partial charge on any atom is -0.357 e. The molecule has 2 fully saturated rings. The first kappa shape index (κ1) is 14.7. The smallest absolute Gasteiger partial charge is 0.214 e. The van der Waals surface area contributed by atoms with Crippen molar-refractivity contribution in [1.29, 1.82) is 0 Å². The lowest BCUT2D eigenvalue weighted by Crippen LogP contribution is -2.31. The molecule has 0 unspecified atom stereocenters. The molecule has 2 heterocycles. The Morgan fingerprint density at radius 1 is 1.24 bits per heavy atom. The number of piperidine rings is 1. The van der Waals surface area contributed by atoms with Gasteiger partial charge < -0.3 is 4.90 Å². The summed E-state index contributed by atoms with van der Waals surface area (Å²) in [5, 5.41) is -0.205. The first-order valence-corrected chi connectivity index (χ1v) is 9.17. The number of hydrogen-bond donors (Lipinski definition) is 1. The van der Waals surface area contributed by atoms with Crippen LogP contribution in [0, 0.1) is 6.92 Å². The number of aromatic nitrogens is 2. The van der Waals surface area contributed by atoms with Crippen LogP contribution in [0.5, 0.6) is 0 Å². The maximum Gasteiger partial charge on any atom is 0.214 e. The second kappa shape index (κ2) is 5.88. The van der Waals surface area contributed by atoms with Gasteiger partial charge in [0, 0.05) is 24.8 Å². The van der Waals surface area contributed by atoms with Gasteiger partial charge in [-0.25, -0.2) is 23.1 Å². The summed E-state index contributed by atoms with van der Waals surface area (Å²) >= 11 is 0. The molecule has 1 N–H and O–H groups in total. The lowest BCUT2D eigenvalue weighted by molar-refractivity contribution is 0.568. The third-order valence-corrected chi connectivity index (χ3v) is 5.86. The summed E-state index contributed by atoms with van der Waals surface area (Å²) in [4.78, 5) is 11.1. The highest BCUT2D eigenvalue weighted by Gasteiger charge is 2.35. The quantitative estimate of drug-likeness (QED) is 0.888. The van der Waals surface area contributed by atoms with Gasteiger partial charge in [0.1, 0.15) is 11.6 Å². The van der Waals surface area contributed by atoms with Gasteiger partial charge in [-0.05, 0) is 39.0 Å². The van der Waals surface area contributed by atoms with Gasteiger partial charge >= 0.3 is 0 Å². The van der Waals surface area contributed by atoms with E-state index in [1.54, 1.807) is 0 Å². The van der Waals surface area contributed by atoms with E-state index < -0.39 is 10.0 Å². The van der Waals surface area contributed by atoms with Crippen molar-refractivity contribution >= 4 is 15.8 Å². The predicted octanol–water partition coefficient (Wildman–Crippen LogP) is 1.36. The van der Waals surface area contributed by atoms with Crippen molar-refractivity contribution in [3.8, 4) is 0 Å². The molecule has 0 radical (unpaired) electrons. The largest absolute Gasteiger partial charge is 0.357 e. The summed E-state index contributed by atoms with van der Waals surface area (Å²) in [6, 6.07) is 1.98. The highest BCUT2D eigenvalue weighted by atomic mass is 32.2. The van der Waals surface area contributed by atoms with E-state index >= 15 is 0 Å². The fourth-order valence-corrected chi connectivity index (χ4v) is 3.96. The predicted molar refractivity (Wildman–Crippen MR) is 81.6 cm³/mol. The van der Waals surface area contributed by atoms with Crippen LogP contribution in [0.15, 0.2) is 6.07 Å². The van der Waals surface area contributed by atoms with Crippen LogP contribution in [0.1, 0.15) is 43.6 Å². The van der Waals surface area contributed by atoms with Crippen molar-refractivity contribution in [3.63, 3.8) is 0 Å². The number of nitrogens with one attached hydrogen (secondary N) is 1. The minimum atomic E-state index is -3.18. The maximum absolute atomic E-state index is 11.9. The van der Waals surface area contributed by atoms with E-state index in [-0.39, 0.29) is 11.8 Å². The van der Waals surface area contributed by atoms with Gasteiger partial charge in [-0.15, -0.1) is 0 Å². The molecule has 0 atom stereocenters. The molecule has 1 aromatic heterocycles. The third kappa shape index (κ3) is 3.71. The summed E-state index contributed by atoms with van der Waals surface area (Å²) in [5.74, 6) is 1.47. The van der Waals surface area contributed by atoms with E-state index in [1.165, 1.54) is 19.3 Å². The van der Waals surface area contributed by atoms with E-state index in [9.17, 15) is 8.42 Å². The molecule has 1 aliphatic carbocycles. The second-order valence-corrected chi connectivity index (χ2v) is 7.94. The zero-order valence-corrected chi connectivity index (χ0v) is 13.2. The van der Waals surface area contributed by atoms with Crippen molar-refractivity contribution in [2.75, 3.05) is 18.0 Å². The second-order valence-electron chi connectivity index (χ2n) is 5.90. The molecule has 2 aliphatic rings. The number of rotatable bonds is 5. The average molecular weight is 310 g/mol. The first-order valence-electron chi connectivity index (χ1n) is 7.62. The van der Waals surface area contributed by atoms with Gasteiger partial charge in [-0.1, -0.05) is 0 Å². The molecule has 3 rings (SSSR count). The number of aryl methyl sites for hydroxylation is 1. The Labute approximate surface area is 126 Å². The maximum atomic E-state index is 11.9. The molecule has 1 aromatic rings. The van der Waals surface area contributed by atoms with Gasteiger partial charge in [0.25, 0.3) is 0 Å². The van der Waals surface area contributed by atoms with Crippen LogP contribution < -0.4 is 9.62 Å².